The Kier molecular flexibility index (Phi) is 4.93. The van der Waals surface area contributed by atoms with Gasteiger partial charge in [0.25, 0.3) is 5.91 Å². The maximum absolute atomic E-state index is 11.9. The molecule has 1 aromatic heterocycles. The van der Waals surface area contributed by atoms with Crippen molar-refractivity contribution < 1.29 is 4.79 Å². The lowest BCUT2D eigenvalue weighted by Crippen LogP contribution is -2.26. The van der Waals surface area contributed by atoms with Crippen LogP contribution in [0.15, 0.2) is 47.1 Å². The summed E-state index contributed by atoms with van der Waals surface area (Å²) >= 11 is 9.20. The van der Waals surface area contributed by atoms with Gasteiger partial charge in [0.1, 0.15) is 5.69 Å². The first-order chi connectivity index (χ1) is 9.16. The van der Waals surface area contributed by atoms with E-state index in [2.05, 4.69) is 26.2 Å². The van der Waals surface area contributed by atoms with Crippen LogP contribution in [0.5, 0.6) is 0 Å². The number of hydrogen-bond acceptors (Lipinski definition) is 2. The Labute approximate surface area is 125 Å². The molecule has 3 nitrogen and oxygen atoms in total. The van der Waals surface area contributed by atoms with E-state index in [4.69, 9.17) is 11.6 Å². The van der Waals surface area contributed by atoms with Crippen LogP contribution in [0.1, 0.15) is 16.1 Å². The van der Waals surface area contributed by atoms with Crippen molar-refractivity contribution in [1.29, 1.82) is 0 Å². The fourth-order valence-electron chi connectivity index (χ4n) is 1.65. The van der Waals surface area contributed by atoms with E-state index in [-0.39, 0.29) is 5.91 Å². The van der Waals surface area contributed by atoms with Crippen LogP contribution in [0.4, 0.5) is 0 Å². The molecule has 19 heavy (non-hydrogen) atoms. The van der Waals surface area contributed by atoms with Crippen LogP contribution in [-0.4, -0.2) is 17.4 Å². The van der Waals surface area contributed by atoms with Crippen LogP contribution >= 0.6 is 27.5 Å². The summed E-state index contributed by atoms with van der Waals surface area (Å²) < 4.78 is 0.690. The van der Waals surface area contributed by atoms with Crippen molar-refractivity contribution in [1.82, 2.24) is 10.3 Å². The van der Waals surface area contributed by atoms with Crippen molar-refractivity contribution in [2.24, 2.45) is 0 Å². The average Bonchev–Trinajstić information content (AvgIpc) is 2.39. The van der Waals surface area contributed by atoms with Gasteiger partial charge in [-0.15, -0.1) is 0 Å². The molecular weight excluding hydrogens is 328 g/mol. The van der Waals surface area contributed by atoms with Gasteiger partial charge in [0.05, 0.1) is 0 Å². The SMILES string of the molecule is O=C(NCCc1cccc(Cl)c1)c1ncccc1Br. The molecule has 0 saturated carbocycles. The summed E-state index contributed by atoms with van der Waals surface area (Å²) in [5, 5.41) is 3.54. The zero-order valence-electron chi connectivity index (χ0n) is 10.1. The number of amides is 1. The third kappa shape index (κ3) is 4.04. The van der Waals surface area contributed by atoms with Crippen LogP contribution in [0.3, 0.4) is 0 Å². The monoisotopic (exact) mass is 338 g/mol. The second-order valence-corrected chi connectivity index (χ2v) is 5.26. The van der Waals surface area contributed by atoms with Gasteiger partial charge in [-0.05, 0) is 52.2 Å². The fraction of sp³-hybridized carbons (Fsp3) is 0.143. The topological polar surface area (TPSA) is 42.0 Å². The molecule has 0 saturated heterocycles. The molecule has 1 heterocycles. The predicted molar refractivity (Wildman–Crippen MR) is 79.4 cm³/mol. The molecule has 0 radical (unpaired) electrons. The van der Waals surface area contributed by atoms with E-state index in [0.717, 1.165) is 12.0 Å². The Bertz CT molecular complexity index is 589. The Morgan fingerprint density at radius 1 is 1.32 bits per heavy atom. The normalized spacial score (nSPS) is 10.2. The first-order valence-electron chi connectivity index (χ1n) is 5.80. The fourth-order valence-corrected chi connectivity index (χ4v) is 2.30. The van der Waals surface area contributed by atoms with Crippen molar-refractivity contribution in [3.63, 3.8) is 0 Å². The zero-order valence-corrected chi connectivity index (χ0v) is 12.4. The maximum Gasteiger partial charge on any atom is 0.271 e. The van der Waals surface area contributed by atoms with Crippen molar-refractivity contribution in [3.8, 4) is 0 Å². The lowest BCUT2D eigenvalue weighted by atomic mass is 10.1. The quantitative estimate of drug-likeness (QED) is 0.927. The maximum atomic E-state index is 11.9. The van der Waals surface area contributed by atoms with Crippen LogP contribution in [-0.2, 0) is 6.42 Å². The summed E-state index contributed by atoms with van der Waals surface area (Å²) in [4.78, 5) is 15.9. The summed E-state index contributed by atoms with van der Waals surface area (Å²) in [5.74, 6) is -0.186. The molecule has 0 aliphatic carbocycles. The summed E-state index contributed by atoms with van der Waals surface area (Å²) in [6.45, 7) is 0.544. The third-order valence-corrected chi connectivity index (χ3v) is 3.44. The van der Waals surface area contributed by atoms with E-state index >= 15 is 0 Å². The second kappa shape index (κ2) is 6.68. The number of benzene rings is 1. The van der Waals surface area contributed by atoms with Crippen LogP contribution in [0, 0.1) is 0 Å². The highest BCUT2D eigenvalue weighted by molar-refractivity contribution is 9.10. The van der Waals surface area contributed by atoms with Gasteiger partial charge in [-0.2, -0.15) is 0 Å². The minimum atomic E-state index is -0.186. The molecule has 1 amide bonds. The predicted octanol–water partition coefficient (Wildman–Crippen LogP) is 3.47. The second-order valence-electron chi connectivity index (χ2n) is 3.97. The average molecular weight is 340 g/mol. The molecule has 0 bridgehead atoms. The molecule has 1 N–H and O–H groups in total. The number of pyridine rings is 1. The van der Waals surface area contributed by atoms with Crippen LogP contribution < -0.4 is 5.32 Å². The van der Waals surface area contributed by atoms with E-state index in [1.807, 2.05) is 24.3 Å². The Morgan fingerprint density at radius 3 is 2.89 bits per heavy atom. The molecule has 1 aromatic carbocycles. The van der Waals surface area contributed by atoms with Crippen molar-refractivity contribution >= 4 is 33.4 Å². The van der Waals surface area contributed by atoms with Crippen LogP contribution in [0.2, 0.25) is 5.02 Å². The molecule has 98 valence electrons. The zero-order chi connectivity index (χ0) is 13.7. The number of nitrogens with zero attached hydrogens (tertiary/aromatic N) is 1. The summed E-state index contributed by atoms with van der Waals surface area (Å²) in [7, 11) is 0. The van der Waals surface area contributed by atoms with Gasteiger partial charge in [-0.1, -0.05) is 23.7 Å². The molecule has 0 aliphatic heterocycles. The lowest BCUT2D eigenvalue weighted by molar-refractivity contribution is 0.0948. The van der Waals surface area contributed by atoms with Gasteiger partial charge in [-0.25, -0.2) is 4.98 Å². The van der Waals surface area contributed by atoms with Gasteiger partial charge in [0, 0.05) is 22.2 Å². The molecule has 5 heteroatoms. The van der Waals surface area contributed by atoms with Gasteiger partial charge in [0.15, 0.2) is 0 Å². The van der Waals surface area contributed by atoms with E-state index in [1.54, 1.807) is 18.3 Å². The summed E-state index contributed by atoms with van der Waals surface area (Å²) in [6, 6.07) is 11.2. The number of carbonyl (C=O) groups excluding carboxylic acids is 1. The Hall–Kier alpha value is -1.39. The van der Waals surface area contributed by atoms with Crippen LogP contribution in [0.25, 0.3) is 0 Å². The largest absolute Gasteiger partial charge is 0.350 e. The lowest BCUT2D eigenvalue weighted by Gasteiger charge is -2.06. The number of rotatable bonds is 4. The minimum absolute atomic E-state index is 0.186. The number of halogens is 2. The molecule has 0 unspecified atom stereocenters. The first-order valence-corrected chi connectivity index (χ1v) is 6.97. The van der Waals surface area contributed by atoms with Gasteiger partial charge in [0.2, 0.25) is 0 Å². The first kappa shape index (κ1) is 14.0. The highest BCUT2D eigenvalue weighted by Crippen LogP contribution is 2.13. The number of hydrogen-bond donors (Lipinski definition) is 1. The highest BCUT2D eigenvalue weighted by Gasteiger charge is 2.09. The molecule has 0 atom stereocenters. The van der Waals surface area contributed by atoms with E-state index in [0.29, 0.717) is 21.7 Å². The Balaban J connectivity index is 1.90. The summed E-state index contributed by atoms with van der Waals surface area (Å²) in [5.41, 5.74) is 1.49. The molecular formula is C14H12BrClN2O. The Morgan fingerprint density at radius 2 is 2.16 bits per heavy atom. The van der Waals surface area contributed by atoms with Crippen molar-refractivity contribution in [3.05, 3.63) is 63.3 Å². The van der Waals surface area contributed by atoms with E-state index < -0.39 is 0 Å². The standard InChI is InChI=1S/C14H12BrClN2O/c15-12-5-2-7-17-13(12)14(19)18-8-6-10-3-1-4-11(16)9-10/h1-5,7,9H,6,8H2,(H,18,19). The number of aromatic nitrogens is 1. The van der Waals surface area contributed by atoms with E-state index in [1.165, 1.54) is 0 Å². The van der Waals surface area contributed by atoms with Gasteiger partial charge in [-0.3, -0.25) is 4.79 Å². The van der Waals surface area contributed by atoms with Crippen molar-refractivity contribution in [2.75, 3.05) is 6.54 Å². The van der Waals surface area contributed by atoms with Gasteiger partial charge < -0.3 is 5.32 Å². The number of nitrogens with one attached hydrogen (secondary N) is 1. The van der Waals surface area contributed by atoms with Crippen molar-refractivity contribution in [2.45, 2.75) is 6.42 Å². The molecule has 0 fully saturated rings. The molecule has 0 spiro atoms. The number of carbonyl (C=O) groups is 1. The van der Waals surface area contributed by atoms with E-state index in [9.17, 15) is 4.79 Å². The summed E-state index contributed by atoms with van der Waals surface area (Å²) in [6.07, 6.45) is 2.33. The molecule has 2 aromatic rings. The molecule has 2 rings (SSSR count). The van der Waals surface area contributed by atoms with Gasteiger partial charge >= 0.3 is 0 Å². The minimum Gasteiger partial charge on any atom is -0.350 e. The third-order valence-electron chi connectivity index (χ3n) is 2.56. The molecule has 0 aliphatic rings. The smallest absolute Gasteiger partial charge is 0.271 e. The highest BCUT2D eigenvalue weighted by atomic mass is 79.9.